The van der Waals surface area contributed by atoms with Crippen LogP contribution >= 0.6 is 0 Å². The summed E-state index contributed by atoms with van der Waals surface area (Å²) < 4.78 is 0. The molecule has 3 heterocycles. The summed E-state index contributed by atoms with van der Waals surface area (Å²) in [6, 6.07) is -7.86. The number of aliphatic carboxylic acids is 4. The summed E-state index contributed by atoms with van der Waals surface area (Å²) >= 11 is 0. The van der Waals surface area contributed by atoms with Gasteiger partial charge in [0.15, 0.2) is 0 Å². The number of para-hydroxylation sites is 2. The van der Waals surface area contributed by atoms with Crippen LogP contribution in [0, 0.1) is 0 Å². The predicted molar refractivity (Wildman–Crippen MR) is 395 cm³/mol. The number of hydrogen-bond acceptors (Lipinski definition) is 21. The lowest BCUT2D eigenvalue weighted by atomic mass is 10.0. The van der Waals surface area contributed by atoms with Crippen molar-refractivity contribution in [2.75, 3.05) is 32.8 Å². The number of carboxylic acid groups (broad SMARTS) is 4. The fourth-order valence-corrected chi connectivity index (χ4v) is 11.8. The zero-order valence-electron chi connectivity index (χ0n) is 62.0. The molecule has 42 heteroatoms. The molecule has 2 aromatic heterocycles. The number of hydrogen-bond donors (Lipinski definition) is 23. The number of aromatic nitrogens is 2. The van der Waals surface area contributed by atoms with Crippen molar-refractivity contribution in [2.24, 2.45) is 11.5 Å². The number of benzene rings is 2. The molecule has 25 N–H and O–H groups in total. The molecule has 5 rings (SSSR count). The Kier molecular flexibility index (Phi) is 37.1. The van der Waals surface area contributed by atoms with Crippen LogP contribution in [0.1, 0.15) is 128 Å². The molecule has 0 radical (unpaired) electrons. The molecule has 1 aliphatic heterocycles. The Bertz CT molecular complexity index is 4110. The number of unbranched alkanes of at least 4 members (excludes halogenated alkanes) is 6. The number of fused-ring (bicyclic) bond motifs is 2. The Morgan fingerprint density at radius 3 is 1.54 bits per heavy atom. The van der Waals surface area contributed by atoms with Gasteiger partial charge < -0.3 is 121 Å². The van der Waals surface area contributed by atoms with Crippen molar-refractivity contribution in [3.05, 3.63) is 72.1 Å². The average Bonchev–Trinajstić information content (AvgIpc) is 1.70. The van der Waals surface area contributed by atoms with Gasteiger partial charge in [0, 0.05) is 66.4 Å². The van der Waals surface area contributed by atoms with Gasteiger partial charge in [-0.2, -0.15) is 0 Å². The first-order valence-electron chi connectivity index (χ1n) is 36.4. The fourth-order valence-electron chi connectivity index (χ4n) is 11.8. The zero-order chi connectivity index (χ0) is 83.4. The molecule has 15 amide bonds. The lowest BCUT2D eigenvalue weighted by molar-refractivity contribution is -0.142. The van der Waals surface area contributed by atoms with Crippen molar-refractivity contribution in [3.8, 4) is 0 Å². The van der Waals surface area contributed by atoms with E-state index in [1.165, 1.54) is 6.20 Å². The van der Waals surface area contributed by atoms with Crippen molar-refractivity contribution >= 4 is 134 Å². The lowest BCUT2D eigenvalue weighted by Crippen LogP contribution is -2.61. The van der Waals surface area contributed by atoms with Gasteiger partial charge in [0.2, 0.25) is 88.6 Å². The van der Waals surface area contributed by atoms with Crippen LogP contribution < -0.4 is 85.9 Å². The number of carbonyl (C=O) groups is 19. The molecule has 1 fully saturated rings. The molecule has 2 aromatic carbocycles. The van der Waals surface area contributed by atoms with Crippen LogP contribution in [0.2, 0.25) is 0 Å². The van der Waals surface area contributed by atoms with Crippen molar-refractivity contribution in [3.63, 3.8) is 0 Å². The van der Waals surface area contributed by atoms with E-state index in [-0.39, 0.29) is 32.2 Å². The molecule has 0 bridgehead atoms. The van der Waals surface area contributed by atoms with E-state index < -0.39 is 250 Å². The van der Waals surface area contributed by atoms with Gasteiger partial charge in [-0.05, 0) is 62.4 Å². The first-order valence-corrected chi connectivity index (χ1v) is 36.4. The van der Waals surface area contributed by atoms with Crippen LogP contribution in [0.15, 0.2) is 60.9 Å². The number of rotatable bonds is 34. The lowest BCUT2D eigenvalue weighted by Gasteiger charge is -2.27. The monoisotopic (exact) mass is 1590 g/mol. The highest BCUT2D eigenvalue weighted by molar-refractivity contribution is 6.02. The Morgan fingerprint density at radius 1 is 0.478 bits per heavy atom. The molecule has 616 valence electrons. The first kappa shape index (κ1) is 91.0. The summed E-state index contributed by atoms with van der Waals surface area (Å²) in [4.78, 5) is 264. The van der Waals surface area contributed by atoms with Crippen LogP contribution in [0.5, 0.6) is 0 Å². The van der Waals surface area contributed by atoms with E-state index in [9.17, 15) is 117 Å². The van der Waals surface area contributed by atoms with Crippen LogP contribution in [0.25, 0.3) is 21.8 Å². The van der Waals surface area contributed by atoms with Gasteiger partial charge in [0.1, 0.15) is 66.5 Å². The SMILES string of the molecule is CCCCCCCCCC(=O)N[C@@H](Cc1c[nH]c2ccccc12)C(=O)N[C@H](CC(N)=O)C(=O)N[C@@H](CC(=O)O)C(=O)N[C@H]1CNC(=O)[C@@H](Cc2c[nH]c3ccccc23)NC(=O)[C@H](CCC(=O)O)NC(=O)[C@@H](CO)NC(=O)CNC(=O)[C@H](CC(=O)O)NC(=O)[C@@H](C)NC(=O)[C@H](CC(=O)O)NC(=O)[C@H](CCCN)NC(=O)CNC1=O. The molecule has 113 heavy (non-hydrogen) atoms. The summed E-state index contributed by atoms with van der Waals surface area (Å²) in [5, 5.41) is 82.0. The molecular weight excluding hydrogens is 1490 g/mol. The maximum atomic E-state index is 14.8. The maximum absolute atomic E-state index is 14.8. The average molecular weight is 1590 g/mol. The number of aliphatic hydroxyl groups is 1. The first-order chi connectivity index (χ1) is 53.7. The summed E-state index contributed by atoms with van der Waals surface area (Å²) in [6.45, 7) is -1.70. The van der Waals surface area contributed by atoms with Crippen LogP contribution in [0.4, 0.5) is 0 Å². The van der Waals surface area contributed by atoms with Gasteiger partial charge in [-0.1, -0.05) is 81.8 Å². The molecule has 11 atom stereocenters. The number of primary amides is 1. The smallest absolute Gasteiger partial charge is 0.305 e. The molecule has 0 saturated carbocycles. The van der Waals surface area contributed by atoms with Gasteiger partial charge in [0.25, 0.3) is 0 Å². The van der Waals surface area contributed by atoms with E-state index in [2.05, 4.69) is 80.7 Å². The summed E-state index contributed by atoms with van der Waals surface area (Å²) in [6.07, 6.45) is 1.73. The minimum absolute atomic E-state index is 0.00327. The minimum Gasteiger partial charge on any atom is -0.481 e. The van der Waals surface area contributed by atoms with E-state index in [1.807, 2.05) is 10.6 Å². The molecular formula is C71H98N18O24. The van der Waals surface area contributed by atoms with Gasteiger partial charge >= 0.3 is 23.9 Å². The van der Waals surface area contributed by atoms with Crippen LogP contribution in [0.3, 0.4) is 0 Å². The van der Waals surface area contributed by atoms with Gasteiger partial charge in [-0.25, -0.2) is 0 Å². The fraction of sp³-hybridized carbons (Fsp3) is 0.507. The van der Waals surface area contributed by atoms with Crippen molar-refractivity contribution in [2.45, 2.75) is 196 Å². The Balaban J connectivity index is 1.56. The van der Waals surface area contributed by atoms with Crippen molar-refractivity contribution in [1.29, 1.82) is 0 Å². The zero-order valence-corrected chi connectivity index (χ0v) is 62.0. The molecule has 1 saturated heterocycles. The van der Waals surface area contributed by atoms with Gasteiger partial charge in [-0.15, -0.1) is 0 Å². The van der Waals surface area contributed by atoms with E-state index in [0.29, 0.717) is 45.8 Å². The quantitative estimate of drug-likeness (QED) is 0.0194. The van der Waals surface area contributed by atoms with Crippen molar-refractivity contribution < 1.29 is 117 Å². The number of amides is 15. The van der Waals surface area contributed by atoms with Gasteiger partial charge in [0.05, 0.1) is 45.4 Å². The van der Waals surface area contributed by atoms with E-state index >= 15 is 0 Å². The molecule has 1 aliphatic rings. The third-order valence-corrected chi connectivity index (χ3v) is 17.7. The molecule has 0 spiro atoms. The Morgan fingerprint density at radius 2 is 0.965 bits per heavy atom. The third kappa shape index (κ3) is 31.0. The van der Waals surface area contributed by atoms with Crippen molar-refractivity contribution in [1.82, 2.24) is 84.4 Å². The van der Waals surface area contributed by atoms with Crippen LogP contribution in [-0.2, 0) is 104 Å². The summed E-state index contributed by atoms with van der Waals surface area (Å²) in [5.41, 5.74) is 13.3. The predicted octanol–water partition coefficient (Wildman–Crippen LogP) is -5.81. The summed E-state index contributed by atoms with van der Waals surface area (Å²) in [5.74, 6) is -25.6. The third-order valence-electron chi connectivity index (χ3n) is 17.7. The molecule has 0 aliphatic carbocycles. The van der Waals surface area contributed by atoms with E-state index in [0.717, 1.165) is 39.0 Å². The number of carbonyl (C=O) groups excluding carboxylic acids is 15. The standard InChI is InChI=1S/C71H98N18O24/c1-3-4-5-6-7-8-9-20-54(92)81-46(25-38-31-75-42-18-13-11-16-40(38)42)68(110)86-47(26-53(73)91)69(111)88-50(29-60(101)102)70(112)89-51-32-76-62(104)45(24-37-30-74-41-17-12-10-15-39(37)41)85-66(108)44(21-22-57(95)96)83-71(113)52(35-90)82-56(94)34-77-63(105)48(27-58(97)98)84-61(103)36(2)79-67(109)49(28-59(99)100)87-65(107)43(19-14-23-72)80-55(93)33-78-64(51)106/h10-13,15-18,30-31,36,43-52,74-75,90H,3-9,14,19-29,32-35,72H2,1-2H3,(H2,73,91)(H,76,104)(H,77,105)(H,78,106)(H,79,109)(H,80,93)(H,81,92)(H,82,94)(H,83,113)(H,84,103)(H,85,108)(H,86,110)(H,87,107)(H,88,111)(H,89,112)(H,95,96)(H,97,98)(H,99,100)(H,101,102)/t36-,43+,44+,45-,46+,47-,48+,49+,50+,51+,52-/m1/s1. The van der Waals surface area contributed by atoms with E-state index in [4.69, 9.17) is 11.5 Å². The normalized spacial score (nSPS) is 20.5. The highest BCUT2D eigenvalue weighted by atomic mass is 16.4. The number of nitrogens with one attached hydrogen (secondary N) is 16. The second-order valence-electron chi connectivity index (χ2n) is 26.7. The largest absolute Gasteiger partial charge is 0.481 e. The second-order valence-corrected chi connectivity index (χ2v) is 26.7. The highest BCUT2D eigenvalue weighted by Crippen LogP contribution is 2.22. The number of H-pyrrole nitrogens is 2. The molecule has 42 nitrogen and oxygen atoms in total. The molecule has 0 unspecified atom stereocenters. The molecule has 4 aromatic rings. The number of nitrogens with two attached hydrogens (primary N) is 2. The van der Waals surface area contributed by atoms with Crippen LogP contribution in [-0.4, -0.2) is 247 Å². The number of carboxylic acids is 4. The Labute approximate surface area is 645 Å². The highest BCUT2D eigenvalue weighted by Gasteiger charge is 2.38. The second kappa shape index (κ2) is 46.1. The Hall–Kier alpha value is -12.6. The number of aromatic amines is 2. The topological polar surface area (TPSA) is 678 Å². The van der Waals surface area contributed by atoms with E-state index in [1.54, 1.807) is 54.7 Å². The maximum Gasteiger partial charge on any atom is 0.305 e. The number of aliphatic hydroxyl groups excluding tert-OH is 1. The minimum atomic E-state index is -2.29. The summed E-state index contributed by atoms with van der Waals surface area (Å²) in [7, 11) is 0. The van der Waals surface area contributed by atoms with Gasteiger partial charge in [-0.3, -0.25) is 91.1 Å².